The largest absolute Gasteiger partial charge is 0.504 e. The van der Waals surface area contributed by atoms with E-state index in [9.17, 15) is 5.11 Å². The molecule has 0 amide bonds. The topological polar surface area (TPSA) is 38.7 Å². The summed E-state index contributed by atoms with van der Waals surface area (Å²) in [5.74, 6) is 1.68. The third kappa shape index (κ3) is 5.18. The van der Waals surface area contributed by atoms with Gasteiger partial charge in [0.15, 0.2) is 23.0 Å². The van der Waals surface area contributed by atoms with Gasteiger partial charge < -0.3 is 14.6 Å². The molecule has 146 valence electrons. The van der Waals surface area contributed by atoms with Crippen LogP contribution in [0.25, 0.3) is 0 Å². The Morgan fingerprint density at radius 2 is 1.21 bits per heavy atom. The van der Waals surface area contributed by atoms with Gasteiger partial charge in [0.05, 0.1) is 13.4 Å². The van der Waals surface area contributed by atoms with E-state index >= 15 is 0 Å². The molecule has 10 heteroatoms. The Labute approximate surface area is 220 Å². The Hall–Kier alpha value is 0.420. The first-order valence-electron chi connectivity index (χ1n) is 7.33. The van der Waals surface area contributed by atoms with E-state index in [1.54, 1.807) is 18.2 Å². The number of halogens is 7. The molecule has 0 heterocycles. The zero-order chi connectivity index (χ0) is 20.6. The van der Waals surface area contributed by atoms with Gasteiger partial charge in [-0.3, -0.25) is 0 Å². The van der Waals surface area contributed by atoms with Gasteiger partial charge in [0.2, 0.25) is 0 Å². The SMILES string of the molecule is Oc1cc(Br)cc(Br)c1Oc1cc(Br)c(Br)c(Br)c1Oc1ccc(Br)cc1Br. The van der Waals surface area contributed by atoms with Gasteiger partial charge >= 0.3 is 0 Å². The average Bonchev–Trinajstić information content (AvgIpc) is 2.61. The highest BCUT2D eigenvalue weighted by molar-refractivity contribution is 9.14. The molecule has 0 aliphatic heterocycles. The smallest absolute Gasteiger partial charge is 0.185 e. The zero-order valence-corrected chi connectivity index (χ0v) is 24.5. The average molecular weight is 831 g/mol. The van der Waals surface area contributed by atoms with Crippen molar-refractivity contribution in [3.05, 3.63) is 67.7 Å². The van der Waals surface area contributed by atoms with E-state index in [1.807, 2.05) is 18.2 Å². The molecule has 0 aliphatic rings. The number of aromatic hydroxyl groups is 1. The molecule has 0 unspecified atom stereocenters. The summed E-state index contributed by atoms with van der Waals surface area (Å²) in [7, 11) is 0. The van der Waals surface area contributed by atoms with Crippen molar-refractivity contribution in [2.24, 2.45) is 0 Å². The molecule has 3 rings (SSSR count). The first-order chi connectivity index (χ1) is 13.2. The number of benzene rings is 3. The second-order valence-electron chi connectivity index (χ2n) is 5.33. The maximum Gasteiger partial charge on any atom is 0.185 e. The van der Waals surface area contributed by atoms with Crippen molar-refractivity contribution in [2.75, 3.05) is 0 Å². The fourth-order valence-electron chi connectivity index (χ4n) is 2.15. The lowest BCUT2D eigenvalue weighted by Gasteiger charge is -2.18. The van der Waals surface area contributed by atoms with Crippen LogP contribution in [-0.2, 0) is 0 Å². The predicted molar refractivity (Wildman–Crippen MR) is 135 cm³/mol. The number of phenolic OH excluding ortho intramolecular Hbond substituents is 1. The van der Waals surface area contributed by atoms with Crippen molar-refractivity contribution in [1.82, 2.24) is 0 Å². The highest BCUT2D eigenvalue weighted by atomic mass is 79.9. The zero-order valence-electron chi connectivity index (χ0n) is 13.4. The molecule has 3 aromatic carbocycles. The third-order valence-corrected chi connectivity index (χ3v) is 8.82. The molecule has 0 aromatic heterocycles. The van der Waals surface area contributed by atoms with E-state index < -0.39 is 0 Å². The first kappa shape index (κ1) is 23.1. The molecule has 0 spiro atoms. The van der Waals surface area contributed by atoms with Crippen molar-refractivity contribution in [3.8, 4) is 28.7 Å². The molecule has 1 N–H and O–H groups in total. The molecule has 0 radical (unpaired) electrons. The Morgan fingerprint density at radius 1 is 0.571 bits per heavy atom. The van der Waals surface area contributed by atoms with Crippen LogP contribution in [0, 0.1) is 0 Å². The van der Waals surface area contributed by atoms with Gasteiger partial charge in [0.25, 0.3) is 0 Å². The molecule has 0 aliphatic carbocycles. The fraction of sp³-hybridized carbons (Fsp3) is 0. The van der Waals surface area contributed by atoms with Gasteiger partial charge in [-0.1, -0.05) is 31.9 Å². The molecule has 0 fully saturated rings. The number of phenols is 1. The number of hydrogen-bond donors (Lipinski definition) is 1. The van der Waals surface area contributed by atoms with Crippen molar-refractivity contribution in [3.63, 3.8) is 0 Å². The Balaban J connectivity index is 2.11. The maximum atomic E-state index is 10.3. The quantitative estimate of drug-likeness (QED) is 0.266. The summed E-state index contributed by atoms with van der Waals surface area (Å²) < 4.78 is 17.3. The van der Waals surface area contributed by atoms with E-state index in [-0.39, 0.29) is 11.5 Å². The van der Waals surface area contributed by atoms with Crippen LogP contribution in [0.5, 0.6) is 28.7 Å². The summed E-state index contributed by atoms with van der Waals surface area (Å²) in [4.78, 5) is 0. The molecular weight excluding hydrogens is 824 g/mol. The summed E-state index contributed by atoms with van der Waals surface area (Å²) >= 11 is 24.2. The minimum atomic E-state index is -0.0211. The minimum Gasteiger partial charge on any atom is -0.504 e. The van der Waals surface area contributed by atoms with Crippen molar-refractivity contribution in [2.45, 2.75) is 0 Å². The van der Waals surface area contributed by atoms with Gasteiger partial charge in [-0.15, -0.1) is 0 Å². The van der Waals surface area contributed by atoms with Crippen LogP contribution >= 0.6 is 112 Å². The van der Waals surface area contributed by atoms with Crippen molar-refractivity contribution >= 4 is 112 Å². The van der Waals surface area contributed by atoms with E-state index in [0.29, 0.717) is 26.2 Å². The first-order valence-corrected chi connectivity index (χ1v) is 12.9. The Morgan fingerprint density at radius 3 is 1.86 bits per heavy atom. The monoisotopic (exact) mass is 823 g/mol. The summed E-state index contributed by atoms with van der Waals surface area (Å²) in [5.41, 5.74) is 0. The van der Waals surface area contributed by atoms with E-state index in [4.69, 9.17) is 9.47 Å². The second kappa shape index (κ2) is 9.70. The molecule has 0 bridgehead atoms. The van der Waals surface area contributed by atoms with Gasteiger partial charge in [-0.05, 0) is 110 Å². The minimum absolute atomic E-state index is 0.0211. The van der Waals surface area contributed by atoms with E-state index in [1.165, 1.54) is 0 Å². The second-order valence-corrected chi connectivity index (χ2v) is 11.3. The van der Waals surface area contributed by atoms with Gasteiger partial charge in [0.1, 0.15) is 5.75 Å². The predicted octanol–water partition coefficient (Wildman–Crippen LogP) is 10.3. The molecule has 0 saturated carbocycles. The van der Waals surface area contributed by atoms with Gasteiger partial charge in [-0.2, -0.15) is 0 Å². The van der Waals surface area contributed by atoms with Crippen LogP contribution in [-0.4, -0.2) is 5.11 Å². The summed E-state index contributed by atoms with van der Waals surface area (Å²) in [6.07, 6.45) is 0. The van der Waals surface area contributed by atoms with Crippen LogP contribution in [0.3, 0.4) is 0 Å². The van der Waals surface area contributed by atoms with Crippen LogP contribution in [0.15, 0.2) is 67.7 Å². The van der Waals surface area contributed by atoms with Crippen LogP contribution in [0.2, 0.25) is 0 Å². The van der Waals surface area contributed by atoms with Crippen molar-refractivity contribution in [1.29, 1.82) is 0 Å². The number of rotatable bonds is 4. The molecule has 3 nitrogen and oxygen atoms in total. The normalized spacial score (nSPS) is 10.8. The van der Waals surface area contributed by atoms with E-state index in [0.717, 1.165) is 22.4 Å². The maximum absolute atomic E-state index is 10.3. The summed E-state index contributed by atoms with van der Waals surface area (Å²) in [5, 5.41) is 10.3. The molecule has 3 aromatic rings. The lowest BCUT2D eigenvalue weighted by molar-refractivity contribution is 0.385. The summed E-state index contributed by atoms with van der Waals surface area (Å²) in [6, 6.07) is 10.7. The highest BCUT2D eigenvalue weighted by Crippen LogP contribution is 2.50. The fourth-order valence-corrected chi connectivity index (χ4v) is 6.02. The van der Waals surface area contributed by atoms with Crippen LogP contribution < -0.4 is 9.47 Å². The number of ether oxygens (including phenoxy) is 2. The highest BCUT2D eigenvalue weighted by Gasteiger charge is 2.21. The van der Waals surface area contributed by atoms with E-state index in [2.05, 4.69) is 112 Å². The Bertz CT molecular complexity index is 1050. The number of hydrogen-bond acceptors (Lipinski definition) is 3. The third-order valence-electron chi connectivity index (χ3n) is 3.39. The Kier molecular flexibility index (Phi) is 8.00. The molecule has 0 saturated heterocycles. The summed E-state index contributed by atoms with van der Waals surface area (Å²) in [6.45, 7) is 0. The molecule has 0 atom stereocenters. The van der Waals surface area contributed by atoms with Crippen LogP contribution in [0.1, 0.15) is 0 Å². The lowest BCUT2D eigenvalue weighted by atomic mass is 10.3. The van der Waals surface area contributed by atoms with Crippen LogP contribution in [0.4, 0.5) is 0 Å². The molecular formula is C18H7Br7O3. The standard InChI is InChI=1S/C18H7Br7O3/c19-7-1-2-13(9(21)3-7)27-18-14(6-10(22)15(24)16(18)25)28-17-11(23)4-8(20)5-12(17)26/h1-6,26H. The molecule has 28 heavy (non-hydrogen) atoms. The van der Waals surface area contributed by atoms with Gasteiger partial charge in [0, 0.05) is 24.0 Å². The van der Waals surface area contributed by atoms with Crippen molar-refractivity contribution < 1.29 is 14.6 Å². The lowest BCUT2D eigenvalue weighted by Crippen LogP contribution is -1.95. The van der Waals surface area contributed by atoms with Gasteiger partial charge in [-0.25, -0.2) is 0 Å².